The van der Waals surface area contributed by atoms with Crippen LogP contribution in [0.5, 0.6) is 5.75 Å². The highest BCUT2D eigenvalue weighted by Crippen LogP contribution is 2.28. The number of nitrogens with zero attached hydrogens (tertiary/aromatic N) is 2. The normalized spacial score (nSPS) is 15.5. The van der Waals surface area contributed by atoms with Gasteiger partial charge in [0.2, 0.25) is 0 Å². The smallest absolute Gasteiger partial charge is 0.325 e. The lowest BCUT2D eigenvalue weighted by molar-refractivity contribution is -0.143. The predicted octanol–water partition coefficient (Wildman–Crippen LogP) is 1.92. The van der Waals surface area contributed by atoms with E-state index in [4.69, 9.17) is 35.0 Å². The van der Waals surface area contributed by atoms with Crippen molar-refractivity contribution in [2.75, 3.05) is 27.3 Å². The quantitative estimate of drug-likeness (QED) is 0.338. The summed E-state index contributed by atoms with van der Waals surface area (Å²) in [6.07, 6.45) is 6.80. The molecule has 2 rings (SSSR count). The van der Waals surface area contributed by atoms with Crippen LogP contribution < -0.4 is 4.74 Å². The fourth-order valence-corrected chi connectivity index (χ4v) is 2.60. The summed E-state index contributed by atoms with van der Waals surface area (Å²) in [4.78, 5) is 26.8. The van der Waals surface area contributed by atoms with Gasteiger partial charge < -0.3 is 14.4 Å². The third-order valence-corrected chi connectivity index (χ3v) is 4.16. The molecule has 6 nitrogen and oxygen atoms in total. The van der Waals surface area contributed by atoms with Gasteiger partial charge in [-0.05, 0) is 36.5 Å². The number of halogens is 1. The van der Waals surface area contributed by atoms with Crippen LogP contribution in [0.3, 0.4) is 0 Å². The molecule has 25 heavy (non-hydrogen) atoms. The minimum Gasteiger partial charge on any atom is -0.480 e. The van der Waals surface area contributed by atoms with Crippen molar-refractivity contribution in [3.8, 4) is 18.1 Å². The van der Waals surface area contributed by atoms with E-state index in [2.05, 4.69) is 10.7 Å². The van der Waals surface area contributed by atoms with Gasteiger partial charge in [0.25, 0.3) is 5.91 Å². The van der Waals surface area contributed by atoms with E-state index in [0.717, 1.165) is 0 Å². The zero-order chi connectivity index (χ0) is 18.6. The third-order valence-electron chi connectivity index (χ3n) is 3.43. The lowest BCUT2D eigenvalue weighted by Gasteiger charge is -2.14. The first kappa shape index (κ1) is 18.8. The molecule has 1 amide bonds. The number of carbonyl (C=O) groups excluding carboxylic acids is 2. The third kappa shape index (κ3) is 4.10. The van der Waals surface area contributed by atoms with Crippen LogP contribution in [0.2, 0.25) is 5.02 Å². The van der Waals surface area contributed by atoms with Crippen LogP contribution in [0.25, 0.3) is 6.08 Å². The van der Waals surface area contributed by atoms with Crippen LogP contribution >= 0.6 is 23.8 Å². The molecule has 0 unspecified atom stereocenters. The van der Waals surface area contributed by atoms with Crippen molar-refractivity contribution in [2.24, 2.45) is 0 Å². The fourth-order valence-electron chi connectivity index (χ4n) is 2.17. The zero-order valence-electron chi connectivity index (χ0n) is 13.6. The van der Waals surface area contributed by atoms with Crippen molar-refractivity contribution in [1.29, 1.82) is 0 Å². The number of carbonyl (C=O) groups is 2. The molecule has 0 radical (unpaired) electrons. The SMILES string of the molecule is C#CCOc1ccc(Cl)cc1/C=C1/C(=O)N(CC(=O)OC)C(=S)N1C. The number of amides is 1. The van der Waals surface area contributed by atoms with Crippen molar-refractivity contribution in [2.45, 2.75) is 0 Å². The van der Waals surface area contributed by atoms with Crippen LogP contribution in [0.15, 0.2) is 23.9 Å². The van der Waals surface area contributed by atoms with Gasteiger partial charge in [-0.2, -0.15) is 0 Å². The second kappa shape index (κ2) is 8.01. The van der Waals surface area contributed by atoms with Crippen molar-refractivity contribution in [1.82, 2.24) is 9.80 Å². The maximum atomic E-state index is 12.6. The molecule has 0 atom stereocenters. The molecule has 1 aromatic rings. The number of rotatable bonds is 5. The molecule has 0 N–H and O–H groups in total. The highest BCUT2D eigenvalue weighted by Gasteiger charge is 2.37. The number of methoxy groups -OCH3 is 1. The highest BCUT2D eigenvalue weighted by molar-refractivity contribution is 7.80. The van der Waals surface area contributed by atoms with Gasteiger partial charge in [0.05, 0.1) is 7.11 Å². The summed E-state index contributed by atoms with van der Waals surface area (Å²) in [5.41, 5.74) is 0.849. The van der Waals surface area contributed by atoms with Gasteiger partial charge in [-0.25, -0.2) is 0 Å². The maximum absolute atomic E-state index is 12.6. The minimum atomic E-state index is -0.564. The van der Waals surface area contributed by atoms with Crippen LogP contribution in [0.4, 0.5) is 0 Å². The molecule has 1 aliphatic rings. The first-order chi connectivity index (χ1) is 11.9. The van der Waals surface area contributed by atoms with Gasteiger partial charge in [-0.3, -0.25) is 14.5 Å². The minimum absolute atomic E-state index is 0.0778. The Morgan fingerprint density at radius 3 is 2.84 bits per heavy atom. The molecule has 1 fully saturated rings. The standard InChI is InChI=1S/C17H15ClN2O4S/c1-4-7-24-14-6-5-12(18)8-11(14)9-13-16(22)20(10-15(21)23-3)17(25)19(13)2/h1,5-6,8-9H,7,10H2,2-3H3/b13-9-. The molecule has 0 aliphatic carbocycles. The van der Waals surface area contributed by atoms with Crippen molar-refractivity contribution in [3.05, 3.63) is 34.5 Å². The van der Waals surface area contributed by atoms with E-state index in [1.807, 2.05) is 0 Å². The number of terminal acetylenes is 1. The average molecular weight is 379 g/mol. The second-order valence-corrected chi connectivity index (χ2v) is 5.82. The van der Waals surface area contributed by atoms with Gasteiger partial charge in [0.1, 0.15) is 24.6 Å². The van der Waals surface area contributed by atoms with E-state index in [9.17, 15) is 9.59 Å². The molecule has 8 heteroatoms. The van der Waals surface area contributed by atoms with E-state index >= 15 is 0 Å². The monoisotopic (exact) mass is 378 g/mol. The summed E-state index contributed by atoms with van der Waals surface area (Å²) >= 11 is 11.3. The van der Waals surface area contributed by atoms with Crippen LogP contribution in [0, 0.1) is 12.3 Å². The number of esters is 1. The molecule has 0 saturated carbocycles. The van der Waals surface area contributed by atoms with Gasteiger partial charge in [-0.1, -0.05) is 17.5 Å². The first-order valence-corrected chi connectivity index (χ1v) is 7.91. The summed E-state index contributed by atoms with van der Waals surface area (Å²) in [5.74, 6) is 1.88. The first-order valence-electron chi connectivity index (χ1n) is 7.13. The molecular formula is C17H15ClN2O4S. The predicted molar refractivity (Wildman–Crippen MR) is 97.8 cm³/mol. The van der Waals surface area contributed by atoms with Crippen LogP contribution in [-0.2, 0) is 14.3 Å². The van der Waals surface area contributed by atoms with E-state index in [0.29, 0.717) is 16.3 Å². The fraction of sp³-hybridized carbons (Fsp3) is 0.235. The number of benzene rings is 1. The Balaban J connectivity index is 2.39. The number of thiocarbonyl (C=S) groups is 1. The lowest BCUT2D eigenvalue weighted by Crippen LogP contribution is -2.36. The molecule has 1 heterocycles. The van der Waals surface area contributed by atoms with E-state index in [1.165, 1.54) is 16.9 Å². The summed E-state index contributed by atoms with van der Waals surface area (Å²) in [7, 11) is 2.88. The molecule has 0 bridgehead atoms. The summed E-state index contributed by atoms with van der Waals surface area (Å²) in [6.45, 7) is -0.180. The molecule has 130 valence electrons. The Bertz CT molecular complexity index is 800. The molecule has 1 saturated heterocycles. The number of hydrogen-bond acceptors (Lipinski definition) is 5. The Labute approximate surface area is 155 Å². The van der Waals surface area contributed by atoms with Gasteiger partial charge in [0.15, 0.2) is 5.11 Å². The van der Waals surface area contributed by atoms with E-state index < -0.39 is 11.9 Å². The lowest BCUT2D eigenvalue weighted by atomic mass is 10.1. The zero-order valence-corrected chi connectivity index (χ0v) is 15.2. The summed E-state index contributed by atoms with van der Waals surface area (Å²) in [5, 5.41) is 0.678. The van der Waals surface area contributed by atoms with Crippen LogP contribution in [-0.4, -0.2) is 54.1 Å². The molecule has 1 aromatic carbocycles. The van der Waals surface area contributed by atoms with E-state index in [1.54, 1.807) is 31.3 Å². The average Bonchev–Trinajstić information content (AvgIpc) is 2.79. The Morgan fingerprint density at radius 1 is 1.48 bits per heavy atom. The van der Waals surface area contributed by atoms with Crippen molar-refractivity contribution in [3.63, 3.8) is 0 Å². The molecule has 1 aliphatic heterocycles. The van der Waals surface area contributed by atoms with Crippen molar-refractivity contribution >= 4 is 46.9 Å². The van der Waals surface area contributed by atoms with Crippen LogP contribution in [0.1, 0.15) is 5.56 Å². The second-order valence-electron chi connectivity index (χ2n) is 5.01. The topological polar surface area (TPSA) is 59.1 Å². The van der Waals surface area contributed by atoms with Gasteiger partial charge >= 0.3 is 5.97 Å². The Hall–Kier alpha value is -2.56. The molecule has 0 spiro atoms. The van der Waals surface area contributed by atoms with Gasteiger partial charge in [-0.15, -0.1) is 6.42 Å². The summed E-state index contributed by atoms with van der Waals surface area (Å²) < 4.78 is 10.1. The van der Waals surface area contributed by atoms with E-state index in [-0.39, 0.29) is 24.0 Å². The maximum Gasteiger partial charge on any atom is 0.325 e. The Morgan fingerprint density at radius 2 is 2.20 bits per heavy atom. The highest BCUT2D eigenvalue weighted by atomic mass is 35.5. The molecule has 0 aromatic heterocycles. The molecular weight excluding hydrogens is 364 g/mol. The summed E-state index contributed by atoms with van der Waals surface area (Å²) in [6, 6.07) is 4.97. The number of ether oxygens (including phenoxy) is 2. The number of likely N-dealkylation sites (N-methyl/N-ethyl adjacent to an activating group) is 1. The number of hydrogen-bond donors (Lipinski definition) is 0. The van der Waals surface area contributed by atoms with Gasteiger partial charge in [0, 0.05) is 17.6 Å². The largest absolute Gasteiger partial charge is 0.480 e. The Kier molecular flexibility index (Phi) is 6.02. The van der Waals surface area contributed by atoms with Crippen molar-refractivity contribution < 1.29 is 19.1 Å².